The van der Waals surface area contributed by atoms with Crippen molar-refractivity contribution < 1.29 is 24.2 Å². The third-order valence-corrected chi connectivity index (χ3v) is 3.26. The van der Waals surface area contributed by atoms with Crippen molar-refractivity contribution in [1.29, 1.82) is 0 Å². The Hall–Kier alpha value is -2.35. The van der Waals surface area contributed by atoms with Crippen LogP contribution in [0.15, 0.2) is 33.4 Å². The lowest BCUT2D eigenvalue weighted by molar-refractivity contribution is 0.0562. The molecule has 8 heteroatoms. The second-order valence-electron chi connectivity index (χ2n) is 6.04. The Kier molecular flexibility index (Phi) is 5.28. The smallest absolute Gasteiger partial charge is 0.449 e. The number of fused-ring (bicyclic) bond motifs is 1. The van der Waals surface area contributed by atoms with Gasteiger partial charge in [0.25, 0.3) is 0 Å². The van der Waals surface area contributed by atoms with Gasteiger partial charge in [-0.05, 0) is 39.0 Å². The summed E-state index contributed by atoms with van der Waals surface area (Å²) in [6, 6.07) is 5.33. The highest BCUT2D eigenvalue weighted by Crippen LogP contribution is 2.30. The van der Waals surface area contributed by atoms with Crippen molar-refractivity contribution >= 4 is 45.8 Å². The van der Waals surface area contributed by atoms with E-state index in [1.165, 1.54) is 0 Å². The fourth-order valence-corrected chi connectivity index (χ4v) is 2.33. The van der Waals surface area contributed by atoms with Gasteiger partial charge in [0.15, 0.2) is 0 Å². The molecule has 24 heavy (non-hydrogen) atoms. The molecule has 128 valence electrons. The number of nitrogens with zero attached hydrogens (tertiary/aromatic N) is 1. The Morgan fingerprint density at radius 3 is 2.67 bits per heavy atom. The SMILES string of the molecule is CC(C)(C)OC(=O)NC1=Nc2cc(Br)ccc2C=C(OC(=O)O)C1. The molecule has 0 aromatic heterocycles. The van der Waals surface area contributed by atoms with E-state index in [0.717, 1.165) is 4.47 Å². The van der Waals surface area contributed by atoms with Crippen LogP contribution in [0, 0.1) is 0 Å². The Balaban J connectivity index is 2.32. The minimum absolute atomic E-state index is 0.0117. The van der Waals surface area contributed by atoms with Crippen molar-refractivity contribution in [3.05, 3.63) is 34.0 Å². The number of aliphatic imine (C=N–C) groups is 1. The quantitative estimate of drug-likeness (QED) is 0.683. The van der Waals surface area contributed by atoms with Crippen molar-refractivity contribution in [2.24, 2.45) is 4.99 Å². The number of amides is 1. The summed E-state index contributed by atoms with van der Waals surface area (Å²) in [6.07, 6.45) is -0.520. The summed E-state index contributed by atoms with van der Waals surface area (Å²) in [4.78, 5) is 27.2. The molecule has 0 atom stereocenters. The van der Waals surface area contributed by atoms with E-state index in [1.807, 2.05) is 0 Å². The molecule has 1 amide bonds. The zero-order valence-electron chi connectivity index (χ0n) is 13.4. The van der Waals surface area contributed by atoms with Gasteiger partial charge in [0.05, 0.1) is 12.1 Å². The van der Waals surface area contributed by atoms with E-state index in [1.54, 1.807) is 45.0 Å². The van der Waals surface area contributed by atoms with Crippen LogP contribution < -0.4 is 5.32 Å². The number of carbonyl (C=O) groups excluding carboxylic acids is 1. The maximum atomic E-state index is 11.9. The molecule has 0 unspecified atom stereocenters. The van der Waals surface area contributed by atoms with Crippen LogP contribution in [-0.4, -0.2) is 28.8 Å². The first-order chi connectivity index (χ1) is 11.1. The first-order valence-corrected chi connectivity index (χ1v) is 7.90. The number of nitrogens with one attached hydrogen (secondary N) is 1. The van der Waals surface area contributed by atoms with Gasteiger partial charge in [0.1, 0.15) is 17.2 Å². The fourth-order valence-electron chi connectivity index (χ4n) is 1.98. The Bertz CT molecular complexity index is 734. The molecule has 0 radical (unpaired) electrons. The minimum Gasteiger partial charge on any atom is -0.449 e. The van der Waals surface area contributed by atoms with E-state index in [9.17, 15) is 9.59 Å². The highest BCUT2D eigenvalue weighted by atomic mass is 79.9. The summed E-state index contributed by atoms with van der Waals surface area (Å²) >= 11 is 3.35. The highest BCUT2D eigenvalue weighted by molar-refractivity contribution is 9.10. The number of alkyl carbamates (subject to hydrolysis) is 1. The molecule has 2 N–H and O–H groups in total. The molecule has 0 saturated carbocycles. The number of ether oxygens (including phenoxy) is 2. The predicted octanol–water partition coefficient (Wildman–Crippen LogP) is 4.44. The number of rotatable bonds is 1. The van der Waals surface area contributed by atoms with Crippen molar-refractivity contribution in [2.45, 2.75) is 32.8 Å². The lowest BCUT2D eigenvalue weighted by Gasteiger charge is -2.20. The molecule has 1 aliphatic rings. The number of halogens is 1. The zero-order chi connectivity index (χ0) is 17.9. The molecule has 0 aliphatic carbocycles. The summed E-state index contributed by atoms with van der Waals surface area (Å²) in [7, 11) is 0. The summed E-state index contributed by atoms with van der Waals surface area (Å²) in [6.45, 7) is 5.23. The van der Waals surface area contributed by atoms with Crippen molar-refractivity contribution in [2.75, 3.05) is 0 Å². The van der Waals surface area contributed by atoms with Crippen LogP contribution in [0.3, 0.4) is 0 Å². The summed E-state index contributed by atoms with van der Waals surface area (Å²) in [5, 5.41) is 11.4. The van der Waals surface area contributed by atoms with Gasteiger partial charge in [-0.15, -0.1) is 0 Å². The van der Waals surface area contributed by atoms with Gasteiger partial charge in [0.2, 0.25) is 0 Å². The second-order valence-corrected chi connectivity index (χ2v) is 6.96. The third kappa shape index (κ3) is 5.38. The van der Waals surface area contributed by atoms with Crippen molar-refractivity contribution in [1.82, 2.24) is 5.32 Å². The fraction of sp³-hybridized carbons (Fsp3) is 0.312. The maximum Gasteiger partial charge on any atom is 0.511 e. The molecule has 1 aromatic rings. The van der Waals surface area contributed by atoms with Crippen LogP contribution in [0.4, 0.5) is 15.3 Å². The molecule has 1 aliphatic heterocycles. The molecule has 1 aromatic carbocycles. The average molecular weight is 397 g/mol. The number of hydrogen-bond acceptors (Lipinski definition) is 5. The molecule has 0 bridgehead atoms. The van der Waals surface area contributed by atoms with Gasteiger partial charge >= 0.3 is 12.2 Å². The van der Waals surface area contributed by atoms with Crippen LogP contribution in [0.25, 0.3) is 6.08 Å². The van der Waals surface area contributed by atoms with Crippen LogP contribution >= 0.6 is 15.9 Å². The number of carboxylic acid groups (broad SMARTS) is 1. The van der Waals surface area contributed by atoms with E-state index in [0.29, 0.717) is 11.3 Å². The van der Waals surface area contributed by atoms with Crippen molar-refractivity contribution in [3.8, 4) is 0 Å². The van der Waals surface area contributed by atoms with Gasteiger partial charge in [-0.2, -0.15) is 0 Å². The molecule has 0 spiro atoms. The van der Waals surface area contributed by atoms with Gasteiger partial charge in [0, 0.05) is 10.0 Å². The molecule has 2 rings (SSSR count). The third-order valence-electron chi connectivity index (χ3n) is 2.77. The second kappa shape index (κ2) is 7.04. The largest absolute Gasteiger partial charge is 0.511 e. The number of amidine groups is 1. The zero-order valence-corrected chi connectivity index (χ0v) is 15.0. The monoisotopic (exact) mass is 396 g/mol. The molecular weight excluding hydrogens is 380 g/mol. The summed E-state index contributed by atoms with van der Waals surface area (Å²) < 4.78 is 10.8. The Morgan fingerprint density at radius 2 is 2.04 bits per heavy atom. The standard InChI is InChI=1S/C16H17BrN2O5/c1-16(2,3)24-14(20)19-13-8-11(23-15(21)22)6-9-4-5-10(17)7-12(9)18-13/h4-7H,8H2,1-3H3,(H,21,22)(H,18,19,20). The van der Waals surface area contributed by atoms with Gasteiger partial charge in [-0.3, -0.25) is 5.32 Å². The lowest BCUT2D eigenvalue weighted by Crippen LogP contribution is -2.36. The maximum absolute atomic E-state index is 11.9. The molecule has 0 fully saturated rings. The predicted molar refractivity (Wildman–Crippen MR) is 92.3 cm³/mol. The topological polar surface area (TPSA) is 97.2 Å². The van der Waals surface area contributed by atoms with Crippen molar-refractivity contribution in [3.63, 3.8) is 0 Å². The van der Waals surface area contributed by atoms with Gasteiger partial charge in [-0.1, -0.05) is 22.0 Å². The highest BCUT2D eigenvalue weighted by Gasteiger charge is 2.21. The first kappa shape index (κ1) is 18.0. The summed E-state index contributed by atoms with van der Waals surface area (Å²) in [5.41, 5.74) is 0.585. The average Bonchev–Trinajstić information content (AvgIpc) is 2.53. The first-order valence-electron chi connectivity index (χ1n) is 7.11. The normalized spacial score (nSPS) is 13.8. The van der Waals surface area contributed by atoms with E-state index in [2.05, 4.69) is 26.2 Å². The van der Waals surface area contributed by atoms with E-state index >= 15 is 0 Å². The number of benzene rings is 1. The molecule has 1 heterocycles. The van der Waals surface area contributed by atoms with Gasteiger partial charge < -0.3 is 14.6 Å². The van der Waals surface area contributed by atoms with Crippen LogP contribution in [0.5, 0.6) is 0 Å². The summed E-state index contributed by atoms with van der Waals surface area (Å²) in [5.74, 6) is 0.381. The van der Waals surface area contributed by atoms with E-state index in [4.69, 9.17) is 14.6 Å². The molecule has 7 nitrogen and oxygen atoms in total. The van der Waals surface area contributed by atoms with Gasteiger partial charge in [-0.25, -0.2) is 14.6 Å². The Morgan fingerprint density at radius 1 is 1.33 bits per heavy atom. The minimum atomic E-state index is -1.43. The number of carbonyl (C=O) groups is 2. The molecule has 0 saturated heterocycles. The van der Waals surface area contributed by atoms with Crippen LogP contribution in [0.1, 0.15) is 32.8 Å². The Labute approximate surface area is 147 Å². The lowest BCUT2D eigenvalue weighted by atomic mass is 10.1. The van der Waals surface area contributed by atoms with Crippen LogP contribution in [0.2, 0.25) is 0 Å². The van der Waals surface area contributed by atoms with E-state index < -0.39 is 17.8 Å². The van der Waals surface area contributed by atoms with E-state index in [-0.39, 0.29) is 18.0 Å². The van der Waals surface area contributed by atoms with Crippen LogP contribution in [-0.2, 0) is 9.47 Å². The number of hydrogen-bond donors (Lipinski definition) is 2. The molecular formula is C16H17BrN2O5.